The van der Waals surface area contributed by atoms with Crippen LogP contribution in [0.15, 0.2) is 96.4 Å². The summed E-state index contributed by atoms with van der Waals surface area (Å²) in [5.41, 5.74) is 0.950. The predicted octanol–water partition coefficient (Wildman–Crippen LogP) is 9.72. The molecule has 12 heteroatoms. The molecule has 4 aromatic carbocycles. The lowest BCUT2D eigenvalue weighted by Gasteiger charge is -2.36. The van der Waals surface area contributed by atoms with Crippen LogP contribution in [0.3, 0.4) is 0 Å². The molecule has 1 unspecified atom stereocenters. The van der Waals surface area contributed by atoms with Gasteiger partial charge in [-0.25, -0.2) is 0 Å². The molecule has 0 N–H and O–H groups in total. The van der Waals surface area contributed by atoms with Gasteiger partial charge >= 0.3 is 12.1 Å². The first-order chi connectivity index (χ1) is 22.6. The maximum absolute atomic E-state index is 13.5. The molecular weight excluding hydrogens is 775 g/mol. The summed E-state index contributed by atoms with van der Waals surface area (Å²) in [6.07, 6.45) is -3.56. The predicted molar refractivity (Wildman–Crippen MR) is 192 cm³/mol. The van der Waals surface area contributed by atoms with Gasteiger partial charge in [0.25, 0.3) is 0 Å². The number of rotatable bonds is 10. The van der Waals surface area contributed by atoms with E-state index in [0.29, 0.717) is 25.4 Å². The molecule has 0 aliphatic carbocycles. The summed E-state index contributed by atoms with van der Waals surface area (Å²) in [6, 6.07) is 22.2. The molecule has 0 spiro atoms. The number of hydrogen-bond acceptors (Lipinski definition) is 7. The van der Waals surface area contributed by atoms with Gasteiger partial charge in [0, 0.05) is 62.9 Å². The summed E-state index contributed by atoms with van der Waals surface area (Å²) >= 11 is 10.2. The van der Waals surface area contributed by atoms with Gasteiger partial charge in [-0.2, -0.15) is 13.2 Å². The van der Waals surface area contributed by atoms with Crippen molar-refractivity contribution < 1.29 is 22.7 Å². The van der Waals surface area contributed by atoms with Crippen LogP contribution >= 0.6 is 55.4 Å². The molecule has 248 valence electrons. The van der Waals surface area contributed by atoms with Crippen molar-refractivity contribution in [3.63, 3.8) is 0 Å². The lowest BCUT2D eigenvalue weighted by atomic mass is 10.1. The Morgan fingerprint density at radius 3 is 2.38 bits per heavy atom. The van der Waals surface area contributed by atoms with Gasteiger partial charge in [-0.05, 0) is 95.1 Å². The standard InChI is InChI=1S/C35H34Br2F3N3O2S2/c1-23(46-32-11-7-24-21-26(36)9-10-27(24)33(32)37)34(44)45-20-19-42-17-15-41(16-18-42)13-4-14-43-28-5-2-3-6-30(28)47-31-12-8-25(22-29(31)43)35(38,39)40/h2-3,5-12,21-23H,4,13-20H2,1H3. The van der Waals surface area contributed by atoms with E-state index in [-0.39, 0.29) is 11.2 Å². The fourth-order valence-corrected chi connectivity index (χ4v) is 9.03. The van der Waals surface area contributed by atoms with Crippen molar-refractivity contribution in [3.05, 3.63) is 87.3 Å². The summed E-state index contributed by atoms with van der Waals surface area (Å²) in [5.74, 6) is -0.224. The third-order valence-electron chi connectivity index (χ3n) is 8.44. The molecule has 1 atom stereocenters. The molecule has 1 saturated heterocycles. The number of para-hydroxylation sites is 1. The van der Waals surface area contributed by atoms with Crippen LogP contribution < -0.4 is 4.90 Å². The second-order valence-electron chi connectivity index (χ2n) is 11.6. The van der Waals surface area contributed by atoms with E-state index in [0.717, 1.165) is 79.2 Å². The van der Waals surface area contributed by atoms with E-state index in [9.17, 15) is 18.0 Å². The van der Waals surface area contributed by atoms with E-state index in [2.05, 4.69) is 59.9 Å². The van der Waals surface area contributed by atoms with E-state index in [1.807, 2.05) is 48.2 Å². The quantitative estimate of drug-likeness (QED) is 0.117. The van der Waals surface area contributed by atoms with Crippen molar-refractivity contribution in [2.45, 2.75) is 39.5 Å². The summed E-state index contributed by atoms with van der Waals surface area (Å²) in [6.45, 7) is 7.95. The van der Waals surface area contributed by atoms with Crippen molar-refractivity contribution in [1.82, 2.24) is 9.80 Å². The lowest BCUT2D eigenvalue weighted by Crippen LogP contribution is -2.47. The number of halogens is 5. The highest BCUT2D eigenvalue weighted by molar-refractivity contribution is 9.11. The van der Waals surface area contributed by atoms with Gasteiger partial charge in [-0.15, -0.1) is 11.8 Å². The maximum atomic E-state index is 13.5. The molecule has 4 aromatic rings. The van der Waals surface area contributed by atoms with Crippen LogP contribution in [0.25, 0.3) is 10.8 Å². The van der Waals surface area contributed by atoms with Crippen molar-refractivity contribution in [3.8, 4) is 0 Å². The molecule has 2 heterocycles. The third-order valence-corrected chi connectivity index (χ3v) is 12.3. The molecule has 2 aliphatic rings. The molecule has 47 heavy (non-hydrogen) atoms. The Bertz CT molecular complexity index is 1750. The number of fused-ring (bicyclic) bond motifs is 3. The van der Waals surface area contributed by atoms with Crippen LogP contribution in [0.2, 0.25) is 0 Å². The Hall–Kier alpha value is -2.22. The molecule has 0 aromatic heterocycles. The fraction of sp³-hybridized carbons (Fsp3) is 0.343. The number of hydrogen-bond donors (Lipinski definition) is 0. The zero-order valence-electron chi connectivity index (χ0n) is 25.7. The average molecular weight is 810 g/mol. The van der Waals surface area contributed by atoms with E-state index < -0.39 is 11.7 Å². The minimum atomic E-state index is -4.38. The van der Waals surface area contributed by atoms with Gasteiger partial charge in [0.05, 0.1) is 16.9 Å². The first-order valence-electron chi connectivity index (χ1n) is 15.5. The van der Waals surface area contributed by atoms with E-state index in [4.69, 9.17) is 4.74 Å². The Labute approximate surface area is 298 Å². The van der Waals surface area contributed by atoms with E-state index >= 15 is 0 Å². The maximum Gasteiger partial charge on any atom is 0.416 e. The zero-order valence-corrected chi connectivity index (χ0v) is 30.5. The number of esters is 1. The fourth-order valence-electron chi connectivity index (χ4n) is 5.90. The molecule has 0 radical (unpaired) electrons. The third kappa shape index (κ3) is 8.33. The van der Waals surface area contributed by atoms with Crippen LogP contribution in [-0.4, -0.2) is 73.4 Å². The van der Waals surface area contributed by atoms with Gasteiger partial charge in [0.2, 0.25) is 0 Å². The summed E-state index contributed by atoms with van der Waals surface area (Å²) in [7, 11) is 0. The van der Waals surface area contributed by atoms with Gasteiger partial charge in [-0.1, -0.05) is 52.0 Å². The minimum absolute atomic E-state index is 0.224. The molecule has 0 saturated carbocycles. The highest BCUT2D eigenvalue weighted by Crippen LogP contribution is 2.49. The Morgan fingerprint density at radius 2 is 1.62 bits per heavy atom. The van der Waals surface area contributed by atoms with Crippen LogP contribution in [0.4, 0.5) is 24.5 Å². The zero-order chi connectivity index (χ0) is 33.1. The number of anilines is 2. The Balaban J connectivity index is 0.945. The van der Waals surface area contributed by atoms with Crippen LogP contribution in [0, 0.1) is 0 Å². The molecule has 1 fully saturated rings. The highest BCUT2D eigenvalue weighted by Gasteiger charge is 2.33. The van der Waals surface area contributed by atoms with E-state index in [1.165, 1.54) is 35.7 Å². The molecular formula is C35H34Br2F3N3O2S2. The summed E-state index contributed by atoms with van der Waals surface area (Å²) < 4.78 is 48.3. The van der Waals surface area contributed by atoms with Gasteiger partial charge in [0.1, 0.15) is 11.9 Å². The first kappa shape index (κ1) is 34.6. The average Bonchev–Trinajstić information content (AvgIpc) is 3.05. The number of thioether (sulfide) groups is 1. The van der Waals surface area contributed by atoms with Crippen LogP contribution in [0.1, 0.15) is 18.9 Å². The lowest BCUT2D eigenvalue weighted by molar-refractivity contribution is -0.143. The SMILES string of the molecule is CC(Sc1ccc2cc(Br)ccc2c1Br)C(=O)OCCN1CCN(CCCN2c3ccccc3Sc3ccc(C(F)(F)F)cc32)CC1. The molecule has 0 amide bonds. The smallest absolute Gasteiger partial charge is 0.416 e. The Kier molecular flexibility index (Phi) is 11.1. The molecule has 6 rings (SSSR count). The molecule has 2 aliphatic heterocycles. The summed E-state index contributed by atoms with van der Waals surface area (Å²) in [4.78, 5) is 22.4. The number of piperazine rings is 1. The molecule has 5 nitrogen and oxygen atoms in total. The van der Waals surface area contributed by atoms with Gasteiger partial charge in [0.15, 0.2) is 0 Å². The first-order valence-corrected chi connectivity index (χ1v) is 18.8. The Morgan fingerprint density at radius 1 is 0.894 bits per heavy atom. The van der Waals surface area contributed by atoms with Crippen molar-refractivity contribution in [2.24, 2.45) is 0 Å². The summed E-state index contributed by atoms with van der Waals surface area (Å²) in [5, 5.41) is 1.87. The van der Waals surface area contributed by atoms with Crippen molar-refractivity contribution >= 4 is 83.5 Å². The number of benzene rings is 4. The number of alkyl halides is 3. The highest BCUT2D eigenvalue weighted by atomic mass is 79.9. The topological polar surface area (TPSA) is 36.0 Å². The van der Waals surface area contributed by atoms with E-state index in [1.54, 1.807) is 6.07 Å². The van der Waals surface area contributed by atoms with Crippen molar-refractivity contribution in [2.75, 3.05) is 57.3 Å². The second-order valence-corrected chi connectivity index (χ2v) is 15.8. The van der Waals surface area contributed by atoms with Crippen LogP contribution in [0.5, 0.6) is 0 Å². The second kappa shape index (κ2) is 15.1. The minimum Gasteiger partial charge on any atom is -0.463 e. The van der Waals surface area contributed by atoms with Gasteiger partial charge in [-0.3, -0.25) is 9.69 Å². The number of carbonyl (C=O) groups excluding carboxylic acids is 1. The molecule has 0 bridgehead atoms. The normalized spacial score (nSPS) is 16.2. The van der Waals surface area contributed by atoms with Crippen molar-refractivity contribution in [1.29, 1.82) is 0 Å². The number of carbonyl (C=O) groups is 1. The van der Waals surface area contributed by atoms with Crippen LogP contribution in [-0.2, 0) is 15.7 Å². The van der Waals surface area contributed by atoms with Gasteiger partial charge < -0.3 is 14.5 Å². The number of nitrogens with zero attached hydrogens (tertiary/aromatic N) is 3. The monoisotopic (exact) mass is 807 g/mol. The number of ether oxygens (including phenoxy) is 1. The largest absolute Gasteiger partial charge is 0.463 e.